The molecule has 0 saturated carbocycles. The van der Waals surface area contributed by atoms with Crippen molar-refractivity contribution in [3.8, 4) is 12.3 Å². The Labute approximate surface area is 115 Å². The summed E-state index contributed by atoms with van der Waals surface area (Å²) in [7, 11) is 0. The lowest BCUT2D eigenvalue weighted by atomic mass is 9.96. The second-order valence-corrected chi connectivity index (χ2v) is 4.28. The van der Waals surface area contributed by atoms with Crippen molar-refractivity contribution in [3.63, 3.8) is 0 Å². The first-order valence-electron chi connectivity index (χ1n) is 6.25. The van der Waals surface area contributed by atoms with Crippen LogP contribution >= 0.6 is 0 Å². The summed E-state index contributed by atoms with van der Waals surface area (Å²) in [5, 5.41) is 10.2. The lowest BCUT2D eigenvalue weighted by Crippen LogP contribution is -2.33. The van der Waals surface area contributed by atoms with Crippen LogP contribution in [0.4, 0.5) is 0 Å². The molecule has 0 heterocycles. The predicted octanol–water partition coefficient (Wildman–Crippen LogP) is 2.94. The Morgan fingerprint density at radius 2 is 1.89 bits per heavy atom. The molecule has 0 bridgehead atoms. The van der Waals surface area contributed by atoms with Gasteiger partial charge in [0.15, 0.2) is 0 Å². The Morgan fingerprint density at radius 3 is 2.42 bits per heavy atom. The van der Waals surface area contributed by atoms with Gasteiger partial charge in [0.2, 0.25) is 0 Å². The third kappa shape index (κ3) is 4.75. The van der Waals surface area contributed by atoms with E-state index in [0.717, 1.165) is 5.56 Å². The van der Waals surface area contributed by atoms with Crippen molar-refractivity contribution in [1.29, 1.82) is 0 Å². The standard InChI is InChI=1S/C17H20O2/c1-4-10-16(17(18)15(5-2)6-3)19-13-14-11-8-7-9-12-14/h1,5-9,11-12,15-18H,2-3,10,13H2/t16-,17-/m0/s1. The molecular formula is C17H20O2. The third-order valence-corrected chi connectivity index (χ3v) is 2.95. The molecule has 1 aromatic carbocycles. The van der Waals surface area contributed by atoms with Gasteiger partial charge in [-0.15, -0.1) is 25.5 Å². The van der Waals surface area contributed by atoms with Gasteiger partial charge in [0, 0.05) is 12.3 Å². The largest absolute Gasteiger partial charge is 0.389 e. The van der Waals surface area contributed by atoms with E-state index in [4.69, 9.17) is 11.2 Å². The molecule has 100 valence electrons. The van der Waals surface area contributed by atoms with E-state index in [1.54, 1.807) is 12.2 Å². The number of aliphatic hydroxyl groups excluding tert-OH is 1. The molecular weight excluding hydrogens is 236 g/mol. The van der Waals surface area contributed by atoms with Gasteiger partial charge in [-0.3, -0.25) is 0 Å². The van der Waals surface area contributed by atoms with Gasteiger partial charge in [-0.05, 0) is 5.56 Å². The molecule has 0 aliphatic rings. The molecule has 0 spiro atoms. The van der Waals surface area contributed by atoms with Crippen molar-refractivity contribution < 1.29 is 9.84 Å². The summed E-state index contributed by atoms with van der Waals surface area (Å²) in [6.07, 6.45) is 7.82. The molecule has 2 nitrogen and oxygen atoms in total. The molecule has 2 atom stereocenters. The summed E-state index contributed by atoms with van der Waals surface area (Å²) in [4.78, 5) is 0. The van der Waals surface area contributed by atoms with Crippen LogP contribution < -0.4 is 0 Å². The van der Waals surface area contributed by atoms with Crippen LogP contribution in [0.5, 0.6) is 0 Å². The normalized spacial score (nSPS) is 13.5. The molecule has 2 heteroatoms. The maximum Gasteiger partial charge on any atom is 0.0956 e. The number of ether oxygens (including phenoxy) is 1. The Morgan fingerprint density at radius 1 is 1.26 bits per heavy atom. The average Bonchev–Trinajstić information content (AvgIpc) is 2.45. The minimum Gasteiger partial charge on any atom is -0.389 e. The van der Waals surface area contributed by atoms with Gasteiger partial charge in [-0.2, -0.15) is 0 Å². The molecule has 0 aliphatic heterocycles. The summed E-state index contributed by atoms with van der Waals surface area (Å²) >= 11 is 0. The highest BCUT2D eigenvalue weighted by molar-refractivity contribution is 5.13. The fourth-order valence-corrected chi connectivity index (χ4v) is 1.79. The molecule has 0 radical (unpaired) electrons. The highest BCUT2D eigenvalue weighted by atomic mass is 16.5. The number of hydrogen-bond acceptors (Lipinski definition) is 2. The van der Waals surface area contributed by atoms with Gasteiger partial charge in [-0.25, -0.2) is 0 Å². The number of aliphatic hydroxyl groups is 1. The molecule has 0 saturated heterocycles. The van der Waals surface area contributed by atoms with Crippen LogP contribution in [0.25, 0.3) is 0 Å². The minimum atomic E-state index is -0.727. The monoisotopic (exact) mass is 256 g/mol. The van der Waals surface area contributed by atoms with Crippen LogP contribution in [-0.2, 0) is 11.3 Å². The van der Waals surface area contributed by atoms with Crippen LogP contribution in [-0.4, -0.2) is 17.3 Å². The lowest BCUT2D eigenvalue weighted by Gasteiger charge is -2.25. The topological polar surface area (TPSA) is 29.5 Å². The number of rotatable bonds is 8. The van der Waals surface area contributed by atoms with E-state index in [-0.39, 0.29) is 5.92 Å². The maximum atomic E-state index is 10.2. The van der Waals surface area contributed by atoms with E-state index in [0.29, 0.717) is 13.0 Å². The minimum absolute atomic E-state index is 0.228. The fourth-order valence-electron chi connectivity index (χ4n) is 1.79. The van der Waals surface area contributed by atoms with Crippen molar-refractivity contribution >= 4 is 0 Å². The Hall–Kier alpha value is -1.82. The quantitative estimate of drug-likeness (QED) is 0.572. The summed E-state index contributed by atoms with van der Waals surface area (Å²) in [6.45, 7) is 7.77. The van der Waals surface area contributed by atoms with E-state index in [2.05, 4.69) is 19.1 Å². The summed E-state index contributed by atoms with van der Waals surface area (Å²) in [5.74, 6) is 2.31. The van der Waals surface area contributed by atoms with E-state index < -0.39 is 12.2 Å². The van der Waals surface area contributed by atoms with Crippen molar-refractivity contribution in [3.05, 3.63) is 61.2 Å². The van der Waals surface area contributed by atoms with Crippen LogP contribution in [0.3, 0.4) is 0 Å². The molecule has 19 heavy (non-hydrogen) atoms. The first kappa shape index (κ1) is 15.2. The zero-order chi connectivity index (χ0) is 14.1. The van der Waals surface area contributed by atoms with Gasteiger partial charge in [0.25, 0.3) is 0 Å². The van der Waals surface area contributed by atoms with Gasteiger partial charge in [0.1, 0.15) is 0 Å². The molecule has 0 unspecified atom stereocenters. The Balaban J connectivity index is 2.65. The van der Waals surface area contributed by atoms with Crippen molar-refractivity contribution in [1.82, 2.24) is 0 Å². The number of benzene rings is 1. The van der Waals surface area contributed by atoms with E-state index in [1.165, 1.54) is 0 Å². The average molecular weight is 256 g/mol. The second-order valence-electron chi connectivity index (χ2n) is 4.28. The van der Waals surface area contributed by atoms with E-state index >= 15 is 0 Å². The molecule has 1 N–H and O–H groups in total. The van der Waals surface area contributed by atoms with Crippen molar-refractivity contribution in [2.24, 2.45) is 5.92 Å². The first-order chi connectivity index (χ1) is 9.22. The van der Waals surface area contributed by atoms with Crippen LogP contribution in [0.2, 0.25) is 0 Å². The van der Waals surface area contributed by atoms with E-state index in [1.807, 2.05) is 30.3 Å². The fraction of sp³-hybridized carbons (Fsp3) is 0.294. The Bertz CT molecular complexity index is 422. The van der Waals surface area contributed by atoms with Crippen LogP contribution in [0.15, 0.2) is 55.6 Å². The molecule has 0 aromatic heterocycles. The molecule has 0 aliphatic carbocycles. The van der Waals surface area contributed by atoms with Crippen molar-refractivity contribution in [2.75, 3.05) is 0 Å². The zero-order valence-electron chi connectivity index (χ0n) is 11.0. The second kappa shape index (κ2) is 8.31. The summed E-state index contributed by atoms with van der Waals surface area (Å²) < 4.78 is 5.73. The van der Waals surface area contributed by atoms with Gasteiger partial charge >= 0.3 is 0 Å². The summed E-state index contributed by atoms with van der Waals surface area (Å²) in [6, 6.07) is 9.78. The highest BCUT2D eigenvalue weighted by Crippen LogP contribution is 2.17. The third-order valence-electron chi connectivity index (χ3n) is 2.95. The first-order valence-corrected chi connectivity index (χ1v) is 6.25. The van der Waals surface area contributed by atoms with Gasteiger partial charge in [0.05, 0.1) is 18.8 Å². The molecule has 1 aromatic rings. The molecule has 0 amide bonds. The smallest absolute Gasteiger partial charge is 0.0956 e. The van der Waals surface area contributed by atoms with Crippen LogP contribution in [0, 0.1) is 18.3 Å². The van der Waals surface area contributed by atoms with Gasteiger partial charge < -0.3 is 9.84 Å². The predicted molar refractivity (Wildman–Crippen MR) is 78.4 cm³/mol. The highest BCUT2D eigenvalue weighted by Gasteiger charge is 2.24. The SMILES string of the molecule is C#CC[C@H](OCc1ccccc1)[C@@H](O)C(C=C)C=C. The lowest BCUT2D eigenvalue weighted by molar-refractivity contribution is -0.0520. The van der Waals surface area contributed by atoms with Gasteiger partial charge in [-0.1, -0.05) is 42.5 Å². The van der Waals surface area contributed by atoms with E-state index in [9.17, 15) is 5.11 Å². The molecule has 1 rings (SSSR count). The zero-order valence-corrected chi connectivity index (χ0v) is 11.0. The number of hydrogen-bond donors (Lipinski definition) is 1. The maximum absolute atomic E-state index is 10.2. The number of terminal acetylenes is 1. The molecule has 0 fully saturated rings. The summed E-state index contributed by atoms with van der Waals surface area (Å²) in [5.41, 5.74) is 1.05. The van der Waals surface area contributed by atoms with Crippen molar-refractivity contribution in [2.45, 2.75) is 25.2 Å². The Kier molecular flexibility index (Phi) is 6.67. The van der Waals surface area contributed by atoms with Crippen LogP contribution in [0.1, 0.15) is 12.0 Å².